The number of hydrogen-bond acceptors (Lipinski definition) is 6. The Morgan fingerprint density at radius 1 is 0.970 bits per heavy atom. The van der Waals surface area contributed by atoms with E-state index in [1.807, 2.05) is 24.3 Å². The van der Waals surface area contributed by atoms with Crippen molar-refractivity contribution >= 4 is 80.3 Å². The van der Waals surface area contributed by atoms with Crippen molar-refractivity contribution in [2.24, 2.45) is 0 Å². The molecule has 2 saturated heterocycles. The minimum Gasteiger partial charge on any atom is -0.304 e. The summed E-state index contributed by atoms with van der Waals surface area (Å²) in [7, 11) is 2.10. The van der Waals surface area contributed by atoms with Gasteiger partial charge in [-0.3, -0.25) is 24.3 Å². The fraction of sp³-hybridized carbons (Fsp3) is 0.261. The molecule has 0 atom stereocenters. The smallest absolute Gasteiger partial charge is 0.271 e. The highest BCUT2D eigenvalue weighted by Gasteiger charge is 2.43. The maximum Gasteiger partial charge on any atom is 0.271 e. The lowest BCUT2D eigenvalue weighted by molar-refractivity contribution is -0.115. The van der Waals surface area contributed by atoms with Gasteiger partial charge >= 0.3 is 0 Å². The molecule has 0 bridgehead atoms. The van der Waals surface area contributed by atoms with E-state index in [-0.39, 0.29) is 11.8 Å². The average Bonchev–Trinajstić information content (AvgIpc) is 3.24. The molecule has 2 amide bonds. The van der Waals surface area contributed by atoms with Crippen molar-refractivity contribution in [2.45, 2.75) is 0 Å². The number of thiocarbonyl (C=S) groups is 1. The fourth-order valence-corrected chi connectivity index (χ4v) is 5.86. The van der Waals surface area contributed by atoms with Gasteiger partial charge in [0.25, 0.3) is 11.8 Å². The number of fused-ring (bicyclic) bond motifs is 1. The van der Waals surface area contributed by atoms with Gasteiger partial charge in [-0.1, -0.05) is 65.4 Å². The van der Waals surface area contributed by atoms with Gasteiger partial charge < -0.3 is 4.90 Å². The van der Waals surface area contributed by atoms with Crippen LogP contribution in [0.15, 0.2) is 47.4 Å². The number of para-hydroxylation sites is 1. The molecule has 0 aliphatic carbocycles. The summed E-state index contributed by atoms with van der Waals surface area (Å²) >= 11 is 18.9. The summed E-state index contributed by atoms with van der Waals surface area (Å²) in [6, 6.07) is 12.5. The van der Waals surface area contributed by atoms with Crippen LogP contribution in [0.5, 0.6) is 0 Å². The normalized spacial score (nSPS) is 22.0. The second kappa shape index (κ2) is 9.02. The molecule has 6 nitrogen and oxygen atoms in total. The summed E-state index contributed by atoms with van der Waals surface area (Å²) in [5.41, 5.74) is 2.50. The van der Waals surface area contributed by atoms with E-state index in [1.54, 1.807) is 23.1 Å². The molecular formula is C23H20Cl2N4O2S2. The van der Waals surface area contributed by atoms with Crippen LogP contribution in [-0.4, -0.2) is 65.8 Å². The molecule has 2 aromatic carbocycles. The summed E-state index contributed by atoms with van der Waals surface area (Å²) in [5.74, 6) is -0.507. The molecule has 10 heteroatoms. The minimum atomic E-state index is -0.331. The fourth-order valence-electron chi connectivity index (χ4n) is 4.19. The van der Waals surface area contributed by atoms with Gasteiger partial charge in [-0.2, -0.15) is 0 Å². The maximum atomic E-state index is 13.6. The molecule has 0 aromatic heterocycles. The van der Waals surface area contributed by atoms with E-state index in [0.29, 0.717) is 37.2 Å². The SMILES string of the molecule is CN1CCN(CN2C(=O)C(=C3SC(=S)N(c4ccc(Cl)c(Cl)c4)C3=O)c3ccccc32)CC1. The number of benzene rings is 2. The second-order valence-electron chi connectivity index (χ2n) is 8.12. The minimum absolute atomic E-state index is 0.176. The first-order valence-corrected chi connectivity index (χ1v) is 12.4. The first-order valence-electron chi connectivity index (χ1n) is 10.4. The van der Waals surface area contributed by atoms with E-state index < -0.39 is 0 Å². The Bertz CT molecular complexity index is 1210. The molecule has 0 radical (unpaired) electrons. The van der Waals surface area contributed by atoms with Crippen molar-refractivity contribution in [3.63, 3.8) is 0 Å². The number of hydrogen-bond donors (Lipinski definition) is 0. The van der Waals surface area contributed by atoms with Crippen molar-refractivity contribution in [2.75, 3.05) is 49.7 Å². The topological polar surface area (TPSA) is 47.1 Å². The summed E-state index contributed by atoms with van der Waals surface area (Å²) in [4.78, 5) is 35.2. The predicted octanol–water partition coefficient (Wildman–Crippen LogP) is 4.32. The zero-order valence-corrected chi connectivity index (χ0v) is 20.9. The number of nitrogens with zero attached hydrogens (tertiary/aromatic N) is 4. The van der Waals surface area contributed by atoms with E-state index >= 15 is 0 Å². The predicted molar refractivity (Wildman–Crippen MR) is 139 cm³/mol. The largest absolute Gasteiger partial charge is 0.304 e. The molecule has 170 valence electrons. The standard InChI is InChI=1S/C23H20Cl2N4O2S2/c1-26-8-10-27(11-9-26)13-28-18-5-3-2-4-15(18)19(21(28)30)20-22(31)29(23(32)33-20)14-6-7-16(24)17(25)12-14/h2-7,12H,8-11,13H2,1H3. The molecule has 5 rings (SSSR count). The van der Waals surface area contributed by atoms with Gasteiger partial charge in [0.15, 0.2) is 4.32 Å². The number of halogens is 2. The Balaban J connectivity index is 1.51. The first kappa shape index (κ1) is 22.8. The van der Waals surface area contributed by atoms with Crippen LogP contribution in [0.4, 0.5) is 11.4 Å². The lowest BCUT2D eigenvalue weighted by atomic mass is 10.1. The molecule has 3 heterocycles. The zero-order valence-electron chi connectivity index (χ0n) is 17.8. The van der Waals surface area contributed by atoms with Gasteiger partial charge in [-0.25, -0.2) is 0 Å². The van der Waals surface area contributed by atoms with Crippen molar-refractivity contribution in [1.29, 1.82) is 0 Å². The van der Waals surface area contributed by atoms with Gasteiger partial charge in [0.05, 0.1) is 38.6 Å². The third-order valence-corrected chi connectivity index (χ3v) is 8.13. The van der Waals surface area contributed by atoms with Crippen LogP contribution in [0.1, 0.15) is 5.56 Å². The number of thioether (sulfide) groups is 1. The number of anilines is 2. The molecule has 2 fully saturated rings. The third kappa shape index (κ3) is 4.09. The van der Waals surface area contributed by atoms with Crippen LogP contribution >= 0.6 is 47.2 Å². The van der Waals surface area contributed by atoms with Gasteiger partial charge in [0, 0.05) is 31.7 Å². The van der Waals surface area contributed by atoms with E-state index in [0.717, 1.165) is 49.2 Å². The van der Waals surface area contributed by atoms with Crippen LogP contribution in [0.25, 0.3) is 5.57 Å². The van der Waals surface area contributed by atoms with Crippen LogP contribution in [0.3, 0.4) is 0 Å². The van der Waals surface area contributed by atoms with E-state index in [4.69, 9.17) is 35.4 Å². The molecule has 0 saturated carbocycles. The lowest BCUT2D eigenvalue weighted by Gasteiger charge is -2.34. The third-order valence-electron chi connectivity index (χ3n) is 6.02. The highest BCUT2D eigenvalue weighted by molar-refractivity contribution is 8.27. The zero-order chi connectivity index (χ0) is 23.3. The highest BCUT2D eigenvalue weighted by Crippen LogP contribution is 2.46. The second-order valence-corrected chi connectivity index (χ2v) is 10.6. The summed E-state index contributed by atoms with van der Waals surface area (Å²) < 4.78 is 0.351. The number of rotatable bonds is 3. The van der Waals surface area contributed by atoms with Crippen LogP contribution < -0.4 is 9.80 Å². The number of amides is 2. The quantitative estimate of drug-likeness (QED) is 0.445. The Morgan fingerprint density at radius 2 is 1.70 bits per heavy atom. The monoisotopic (exact) mass is 518 g/mol. The molecule has 33 heavy (non-hydrogen) atoms. The van der Waals surface area contributed by atoms with E-state index in [2.05, 4.69) is 16.8 Å². The molecular weight excluding hydrogens is 499 g/mol. The van der Waals surface area contributed by atoms with Gasteiger partial charge in [-0.15, -0.1) is 0 Å². The van der Waals surface area contributed by atoms with Gasteiger partial charge in [0.2, 0.25) is 0 Å². The molecule has 0 unspecified atom stereocenters. The first-order chi connectivity index (χ1) is 15.8. The number of carbonyl (C=O) groups excluding carboxylic acids is 2. The molecule has 3 aliphatic heterocycles. The van der Waals surface area contributed by atoms with Gasteiger partial charge in [-0.05, 0) is 31.3 Å². The summed E-state index contributed by atoms with van der Waals surface area (Å²) in [5, 5.41) is 0.722. The lowest BCUT2D eigenvalue weighted by Crippen LogP contribution is -2.49. The molecule has 0 spiro atoms. The Labute approximate surface area is 211 Å². The summed E-state index contributed by atoms with van der Waals surface area (Å²) in [6.45, 7) is 4.17. The number of likely N-dealkylation sites (N-methyl/N-ethyl adjacent to an activating group) is 1. The van der Waals surface area contributed by atoms with Crippen molar-refractivity contribution in [3.8, 4) is 0 Å². The van der Waals surface area contributed by atoms with Crippen LogP contribution in [0, 0.1) is 0 Å². The highest BCUT2D eigenvalue weighted by atomic mass is 35.5. The molecule has 3 aliphatic rings. The summed E-state index contributed by atoms with van der Waals surface area (Å²) in [6.07, 6.45) is 0. The Morgan fingerprint density at radius 3 is 2.42 bits per heavy atom. The number of piperazine rings is 1. The molecule has 0 N–H and O–H groups in total. The average molecular weight is 519 g/mol. The van der Waals surface area contributed by atoms with Crippen molar-refractivity contribution < 1.29 is 9.59 Å². The Kier molecular flexibility index (Phi) is 6.24. The van der Waals surface area contributed by atoms with E-state index in [1.165, 1.54) is 4.90 Å². The number of carbonyl (C=O) groups is 2. The maximum absolute atomic E-state index is 13.6. The molecule has 2 aromatic rings. The van der Waals surface area contributed by atoms with Crippen molar-refractivity contribution in [1.82, 2.24) is 9.80 Å². The van der Waals surface area contributed by atoms with E-state index in [9.17, 15) is 9.59 Å². The Hall–Kier alpha value is -1.94. The van der Waals surface area contributed by atoms with Crippen LogP contribution in [0.2, 0.25) is 10.0 Å². The van der Waals surface area contributed by atoms with Crippen LogP contribution in [-0.2, 0) is 9.59 Å². The van der Waals surface area contributed by atoms with Crippen molar-refractivity contribution in [3.05, 3.63) is 63.0 Å². The van der Waals surface area contributed by atoms with Gasteiger partial charge in [0.1, 0.15) is 0 Å².